The molecule has 2 heterocycles. The maximum Gasteiger partial charge on any atom is 0.338 e. The molecule has 0 amide bonds. The van der Waals surface area contributed by atoms with Crippen LogP contribution in [-0.2, 0) is 19.1 Å². The Balaban J connectivity index is 2.06. The Kier molecular flexibility index (Phi) is 8.02. The third kappa shape index (κ3) is 4.95. The molecule has 1 atom stereocenters. The number of carbonyl (C=O) groups is 2. The highest BCUT2D eigenvalue weighted by atomic mass is 32.1. The molecular formula is C28H28N2O7S. The van der Waals surface area contributed by atoms with Crippen molar-refractivity contribution in [3.8, 4) is 11.5 Å². The summed E-state index contributed by atoms with van der Waals surface area (Å²) < 4.78 is 23.0. The number of thiazole rings is 1. The number of esters is 2. The quantitative estimate of drug-likeness (QED) is 0.434. The first kappa shape index (κ1) is 26.7. The number of benzene rings is 2. The van der Waals surface area contributed by atoms with Crippen molar-refractivity contribution in [3.63, 3.8) is 0 Å². The van der Waals surface area contributed by atoms with Crippen LogP contribution in [0, 0.1) is 0 Å². The minimum atomic E-state index is -0.925. The number of aromatic nitrogens is 1. The van der Waals surface area contributed by atoms with Crippen molar-refractivity contribution in [2.24, 2.45) is 5.73 Å². The van der Waals surface area contributed by atoms with Crippen LogP contribution in [-0.4, -0.2) is 43.9 Å². The molecule has 0 saturated heterocycles. The standard InChI is InChI=1S/C28H28N2O7S/c1-5-36-27(32)22-21(17-9-13-19(35-4)14-10-17)23(28(33)37-6-2)26-30(24(22)29)25(31)20(38-26)15-16-7-11-18(34-3)12-8-16/h7-15,21H,5-6,29H2,1-4H3/b20-15+/t21-/m0/s1. The molecule has 2 aromatic carbocycles. The third-order valence-corrected chi connectivity index (χ3v) is 7.11. The number of rotatable bonds is 8. The lowest BCUT2D eigenvalue weighted by molar-refractivity contribution is -0.138. The summed E-state index contributed by atoms with van der Waals surface area (Å²) in [4.78, 5) is 40.3. The van der Waals surface area contributed by atoms with Gasteiger partial charge in [-0.3, -0.25) is 9.36 Å². The topological polar surface area (TPSA) is 119 Å². The van der Waals surface area contributed by atoms with Gasteiger partial charge in [0, 0.05) is 0 Å². The second-order valence-corrected chi connectivity index (χ2v) is 9.22. The van der Waals surface area contributed by atoms with Crippen molar-refractivity contribution in [3.05, 3.63) is 84.8 Å². The lowest BCUT2D eigenvalue weighted by atomic mass is 9.83. The molecule has 0 bridgehead atoms. The summed E-state index contributed by atoms with van der Waals surface area (Å²) in [6.45, 7) is 3.54. The van der Waals surface area contributed by atoms with Gasteiger partial charge in [-0.1, -0.05) is 24.3 Å². The van der Waals surface area contributed by atoms with Crippen LogP contribution in [0.25, 0.3) is 17.5 Å². The fourth-order valence-corrected chi connectivity index (χ4v) is 5.41. The zero-order chi connectivity index (χ0) is 27.4. The number of methoxy groups -OCH3 is 2. The molecule has 198 valence electrons. The molecule has 10 heteroatoms. The summed E-state index contributed by atoms with van der Waals surface area (Å²) in [7, 11) is 3.11. The van der Waals surface area contributed by atoms with Gasteiger partial charge in [-0.2, -0.15) is 0 Å². The molecule has 0 radical (unpaired) electrons. The maximum absolute atomic E-state index is 13.6. The van der Waals surface area contributed by atoms with Gasteiger partial charge in [-0.25, -0.2) is 9.59 Å². The second kappa shape index (κ2) is 11.4. The van der Waals surface area contributed by atoms with Crippen LogP contribution in [0.2, 0.25) is 0 Å². The highest BCUT2D eigenvalue weighted by Crippen LogP contribution is 2.38. The maximum atomic E-state index is 13.6. The van der Waals surface area contributed by atoms with Gasteiger partial charge in [0.15, 0.2) is 0 Å². The summed E-state index contributed by atoms with van der Waals surface area (Å²) >= 11 is 1.10. The fourth-order valence-electron chi connectivity index (χ4n) is 4.24. The van der Waals surface area contributed by atoms with Crippen molar-refractivity contribution in [1.29, 1.82) is 0 Å². The summed E-state index contributed by atoms with van der Waals surface area (Å²) in [6, 6.07) is 14.1. The molecule has 4 rings (SSSR count). The summed E-state index contributed by atoms with van der Waals surface area (Å²) in [5.74, 6) is -1.13. The van der Waals surface area contributed by atoms with Crippen LogP contribution in [0.15, 0.2) is 58.9 Å². The molecule has 1 aliphatic heterocycles. The average Bonchev–Trinajstić information content (AvgIpc) is 3.24. The van der Waals surface area contributed by atoms with E-state index in [-0.39, 0.29) is 30.2 Å². The summed E-state index contributed by atoms with van der Waals surface area (Å²) in [5.41, 5.74) is 7.51. The van der Waals surface area contributed by atoms with E-state index in [0.717, 1.165) is 16.9 Å². The van der Waals surface area contributed by atoms with Gasteiger partial charge in [0.2, 0.25) is 0 Å². The first-order chi connectivity index (χ1) is 18.3. The van der Waals surface area contributed by atoms with E-state index in [9.17, 15) is 14.4 Å². The van der Waals surface area contributed by atoms with Crippen LogP contribution in [0.5, 0.6) is 11.5 Å². The number of hydrogen-bond donors (Lipinski definition) is 1. The SMILES string of the molecule is CCOC(=O)C1=C(N)n2c(s/c(=C/c3ccc(OC)cc3)c2=O)=C(C(=O)OCC)[C@H]1c1ccc(OC)cc1. The Morgan fingerprint density at radius 1 is 0.895 bits per heavy atom. The van der Waals surface area contributed by atoms with Crippen molar-refractivity contribution in [2.75, 3.05) is 27.4 Å². The van der Waals surface area contributed by atoms with Crippen molar-refractivity contribution < 1.29 is 28.5 Å². The number of carbonyl (C=O) groups excluding carboxylic acids is 2. The lowest BCUT2D eigenvalue weighted by Gasteiger charge is -2.27. The molecule has 0 unspecified atom stereocenters. The highest BCUT2D eigenvalue weighted by molar-refractivity contribution is 7.07. The molecule has 0 spiro atoms. The predicted octanol–water partition coefficient (Wildman–Crippen LogP) is 1.96. The molecule has 2 N–H and O–H groups in total. The monoisotopic (exact) mass is 536 g/mol. The smallest absolute Gasteiger partial charge is 0.338 e. The Hall–Kier alpha value is -4.31. The number of ether oxygens (including phenoxy) is 4. The van der Waals surface area contributed by atoms with E-state index in [4.69, 9.17) is 24.7 Å². The molecule has 9 nitrogen and oxygen atoms in total. The van der Waals surface area contributed by atoms with Crippen molar-refractivity contribution in [1.82, 2.24) is 4.57 Å². The summed E-state index contributed by atoms with van der Waals surface area (Å²) in [5, 5.41) is 0. The van der Waals surface area contributed by atoms with E-state index in [1.165, 1.54) is 4.57 Å². The first-order valence-electron chi connectivity index (χ1n) is 11.9. The number of fused-ring (bicyclic) bond motifs is 1. The molecular weight excluding hydrogens is 508 g/mol. The van der Waals surface area contributed by atoms with E-state index in [0.29, 0.717) is 26.3 Å². The van der Waals surface area contributed by atoms with Crippen LogP contribution in [0.1, 0.15) is 30.9 Å². The van der Waals surface area contributed by atoms with Crippen LogP contribution in [0.4, 0.5) is 0 Å². The third-order valence-electron chi connectivity index (χ3n) is 6.00. The van der Waals surface area contributed by atoms with Crippen LogP contribution in [0.3, 0.4) is 0 Å². The Labute approximate surface area is 223 Å². The second-order valence-electron chi connectivity index (χ2n) is 8.19. The van der Waals surface area contributed by atoms with Gasteiger partial charge in [0.05, 0.1) is 49.0 Å². The van der Waals surface area contributed by atoms with Crippen LogP contribution >= 0.6 is 11.3 Å². The van der Waals surface area contributed by atoms with Gasteiger partial charge >= 0.3 is 11.9 Å². The highest BCUT2D eigenvalue weighted by Gasteiger charge is 2.39. The minimum absolute atomic E-state index is 0.0107. The molecule has 1 aliphatic rings. The Bertz CT molecular complexity index is 1570. The van der Waals surface area contributed by atoms with E-state index in [1.54, 1.807) is 82.7 Å². The number of nitrogens with zero attached hydrogens (tertiary/aromatic N) is 1. The first-order valence-corrected chi connectivity index (χ1v) is 12.8. The van der Waals surface area contributed by atoms with Gasteiger partial charge < -0.3 is 24.7 Å². The van der Waals surface area contributed by atoms with Gasteiger partial charge in [-0.15, -0.1) is 11.3 Å². The van der Waals surface area contributed by atoms with Gasteiger partial charge in [-0.05, 0) is 55.3 Å². The normalized spacial score (nSPS) is 15.2. The molecule has 1 aromatic heterocycles. The molecule has 0 saturated carbocycles. The minimum Gasteiger partial charge on any atom is -0.497 e. The number of nitrogens with two attached hydrogens (primary N) is 1. The Morgan fingerprint density at radius 2 is 1.42 bits per heavy atom. The van der Waals surface area contributed by atoms with Crippen molar-refractivity contribution >= 4 is 40.7 Å². The predicted molar refractivity (Wildman–Crippen MR) is 144 cm³/mol. The molecule has 38 heavy (non-hydrogen) atoms. The Morgan fingerprint density at radius 3 is 1.95 bits per heavy atom. The zero-order valence-electron chi connectivity index (χ0n) is 21.5. The van der Waals surface area contributed by atoms with Crippen LogP contribution < -0.4 is 30.0 Å². The average molecular weight is 537 g/mol. The van der Waals surface area contributed by atoms with E-state index < -0.39 is 23.4 Å². The lowest BCUT2D eigenvalue weighted by Crippen LogP contribution is -2.42. The van der Waals surface area contributed by atoms with E-state index >= 15 is 0 Å². The largest absolute Gasteiger partial charge is 0.497 e. The number of hydrogen-bond acceptors (Lipinski definition) is 9. The van der Waals surface area contributed by atoms with E-state index in [2.05, 4.69) is 0 Å². The summed E-state index contributed by atoms with van der Waals surface area (Å²) in [6.07, 6.45) is 1.69. The fraction of sp³-hybridized carbons (Fsp3) is 0.250. The van der Waals surface area contributed by atoms with Gasteiger partial charge in [0.25, 0.3) is 5.56 Å². The molecule has 0 aliphatic carbocycles. The van der Waals surface area contributed by atoms with E-state index in [1.807, 2.05) is 0 Å². The van der Waals surface area contributed by atoms with Gasteiger partial charge in [0.1, 0.15) is 22.0 Å². The van der Waals surface area contributed by atoms with Crippen molar-refractivity contribution in [2.45, 2.75) is 19.8 Å². The molecule has 3 aromatic rings. The molecule has 0 fully saturated rings. The zero-order valence-corrected chi connectivity index (χ0v) is 22.3.